The Morgan fingerprint density at radius 1 is 1.26 bits per heavy atom. The molecule has 2 heterocycles. The molecule has 1 aliphatic rings. The first-order chi connectivity index (χ1) is 12.3. The Balaban J connectivity index is 0.00000261. The quantitative estimate of drug-likeness (QED) is 0.739. The van der Waals surface area contributed by atoms with Crippen LogP contribution in [0.25, 0.3) is 11.1 Å². The van der Waals surface area contributed by atoms with Crippen LogP contribution in [0, 0.1) is 18.7 Å². The van der Waals surface area contributed by atoms with Crippen LogP contribution >= 0.6 is 12.4 Å². The lowest BCUT2D eigenvalue weighted by Gasteiger charge is -2.23. The van der Waals surface area contributed by atoms with E-state index in [1.165, 1.54) is 6.20 Å². The van der Waals surface area contributed by atoms with Gasteiger partial charge >= 0.3 is 6.18 Å². The van der Waals surface area contributed by atoms with E-state index in [9.17, 15) is 17.6 Å². The van der Waals surface area contributed by atoms with Crippen LogP contribution in [0.2, 0.25) is 0 Å². The van der Waals surface area contributed by atoms with E-state index in [4.69, 9.17) is 0 Å². The average molecular weight is 405 g/mol. The van der Waals surface area contributed by atoms with Crippen LogP contribution in [0.15, 0.2) is 24.4 Å². The Labute approximate surface area is 161 Å². The zero-order valence-corrected chi connectivity index (χ0v) is 15.6. The van der Waals surface area contributed by atoms with Crippen molar-refractivity contribution in [1.29, 1.82) is 0 Å². The number of anilines is 1. The van der Waals surface area contributed by atoms with Gasteiger partial charge in [-0.1, -0.05) is 6.07 Å². The molecule has 1 aliphatic heterocycles. The molecule has 2 N–H and O–H groups in total. The lowest BCUT2D eigenvalue weighted by atomic mass is 10.00. The van der Waals surface area contributed by atoms with Gasteiger partial charge in [0.15, 0.2) is 0 Å². The van der Waals surface area contributed by atoms with Gasteiger partial charge in [-0.3, -0.25) is 0 Å². The molecule has 148 valence electrons. The van der Waals surface area contributed by atoms with E-state index >= 15 is 0 Å². The standard InChI is InChI=1S/C18H20F4N4.ClH/c1-11-15(14-5-4-13(7-16(14)19)18(20,21)22)10-25-17(26-11)24-9-12-3-2-6-23-8-12;/h4-5,7,10,12,23H,2-3,6,8-9H2,1H3,(H,24,25,26);1H/t12-;/m1./s1. The van der Waals surface area contributed by atoms with E-state index < -0.39 is 17.6 Å². The van der Waals surface area contributed by atoms with Crippen molar-refractivity contribution in [3.8, 4) is 11.1 Å². The number of aryl methyl sites for hydroxylation is 1. The first-order valence-electron chi connectivity index (χ1n) is 8.50. The second-order valence-corrected chi connectivity index (χ2v) is 6.48. The lowest BCUT2D eigenvalue weighted by Crippen LogP contribution is -2.33. The SMILES string of the molecule is Cc1nc(NC[C@@H]2CCCNC2)ncc1-c1ccc(C(F)(F)F)cc1F.Cl. The molecule has 0 amide bonds. The maximum absolute atomic E-state index is 14.2. The van der Waals surface area contributed by atoms with Crippen molar-refractivity contribution in [1.82, 2.24) is 15.3 Å². The second kappa shape index (κ2) is 8.84. The summed E-state index contributed by atoms with van der Waals surface area (Å²) in [5.74, 6) is -0.00986. The molecule has 27 heavy (non-hydrogen) atoms. The fourth-order valence-corrected chi connectivity index (χ4v) is 3.06. The topological polar surface area (TPSA) is 49.8 Å². The number of alkyl halides is 3. The number of piperidine rings is 1. The third-order valence-electron chi connectivity index (χ3n) is 4.51. The molecule has 1 aromatic heterocycles. The van der Waals surface area contributed by atoms with Gasteiger partial charge < -0.3 is 10.6 Å². The number of benzene rings is 1. The van der Waals surface area contributed by atoms with Crippen molar-refractivity contribution in [2.24, 2.45) is 5.92 Å². The molecule has 0 aliphatic carbocycles. The van der Waals surface area contributed by atoms with E-state index in [0.717, 1.165) is 44.6 Å². The number of rotatable bonds is 4. The summed E-state index contributed by atoms with van der Waals surface area (Å²) in [4.78, 5) is 8.50. The second-order valence-electron chi connectivity index (χ2n) is 6.48. The minimum absolute atomic E-state index is 0. The first kappa shape index (κ1) is 21.4. The van der Waals surface area contributed by atoms with Crippen LogP contribution in [0.3, 0.4) is 0 Å². The van der Waals surface area contributed by atoms with Crippen LogP contribution in [-0.2, 0) is 6.18 Å². The van der Waals surface area contributed by atoms with Gasteiger partial charge in [0.25, 0.3) is 0 Å². The van der Waals surface area contributed by atoms with Crippen molar-refractivity contribution in [3.05, 3.63) is 41.5 Å². The van der Waals surface area contributed by atoms with E-state index in [0.29, 0.717) is 29.2 Å². The number of halogens is 5. The van der Waals surface area contributed by atoms with E-state index in [2.05, 4.69) is 20.6 Å². The molecule has 3 rings (SSSR count). The van der Waals surface area contributed by atoms with E-state index in [1.54, 1.807) is 6.92 Å². The summed E-state index contributed by atoms with van der Waals surface area (Å²) in [6, 6.07) is 2.47. The van der Waals surface area contributed by atoms with Gasteiger partial charge in [-0.2, -0.15) is 13.2 Å². The number of nitrogens with one attached hydrogen (secondary N) is 2. The number of hydrogen-bond acceptors (Lipinski definition) is 4. The van der Waals surface area contributed by atoms with Crippen LogP contribution < -0.4 is 10.6 Å². The molecule has 4 nitrogen and oxygen atoms in total. The zero-order valence-electron chi connectivity index (χ0n) is 14.7. The highest BCUT2D eigenvalue weighted by atomic mass is 35.5. The third kappa shape index (κ3) is 5.29. The van der Waals surface area contributed by atoms with Crippen molar-refractivity contribution < 1.29 is 17.6 Å². The van der Waals surface area contributed by atoms with Crippen molar-refractivity contribution in [2.75, 3.05) is 25.0 Å². The molecule has 0 spiro atoms. The summed E-state index contributed by atoms with van der Waals surface area (Å²) in [5, 5.41) is 6.50. The Morgan fingerprint density at radius 3 is 2.63 bits per heavy atom. The highest BCUT2D eigenvalue weighted by Gasteiger charge is 2.31. The molecule has 9 heteroatoms. The van der Waals surface area contributed by atoms with Gasteiger partial charge in [0.05, 0.1) is 11.3 Å². The zero-order chi connectivity index (χ0) is 18.7. The summed E-state index contributed by atoms with van der Waals surface area (Å²) in [6.45, 7) is 4.40. The molecule has 1 aromatic carbocycles. The molecule has 0 radical (unpaired) electrons. The summed E-state index contributed by atoms with van der Waals surface area (Å²) in [6.07, 6.45) is -0.867. The highest BCUT2D eigenvalue weighted by molar-refractivity contribution is 5.85. The van der Waals surface area contributed by atoms with E-state index in [1.807, 2.05) is 0 Å². The summed E-state index contributed by atoms with van der Waals surface area (Å²) >= 11 is 0. The molecule has 0 unspecified atom stereocenters. The van der Waals surface area contributed by atoms with Crippen LogP contribution in [0.4, 0.5) is 23.5 Å². The minimum atomic E-state index is -4.58. The number of hydrogen-bond donors (Lipinski definition) is 2. The van der Waals surface area contributed by atoms with Gasteiger partial charge in [-0.15, -0.1) is 12.4 Å². The van der Waals surface area contributed by atoms with Gasteiger partial charge in [0.1, 0.15) is 5.82 Å². The molecule has 0 bridgehead atoms. The summed E-state index contributed by atoms with van der Waals surface area (Å²) in [5.41, 5.74) is -0.0840. The van der Waals surface area contributed by atoms with Crippen molar-refractivity contribution in [2.45, 2.75) is 25.9 Å². The fraction of sp³-hybridized carbons (Fsp3) is 0.444. The Hall–Kier alpha value is -1.93. The monoisotopic (exact) mass is 404 g/mol. The van der Waals surface area contributed by atoms with Crippen LogP contribution in [0.5, 0.6) is 0 Å². The predicted octanol–water partition coefficient (Wildman–Crippen LogP) is 4.44. The Morgan fingerprint density at radius 2 is 2.04 bits per heavy atom. The highest BCUT2D eigenvalue weighted by Crippen LogP contribution is 2.33. The molecule has 0 saturated carbocycles. The molecule has 2 aromatic rings. The summed E-state index contributed by atoms with van der Waals surface area (Å²) in [7, 11) is 0. The van der Waals surface area contributed by atoms with Gasteiger partial charge in [-0.05, 0) is 50.9 Å². The average Bonchev–Trinajstić information content (AvgIpc) is 2.60. The normalized spacial score (nSPS) is 17.3. The fourth-order valence-electron chi connectivity index (χ4n) is 3.06. The van der Waals surface area contributed by atoms with Gasteiger partial charge in [0.2, 0.25) is 5.95 Å². The van der Waals surface area contributed by atoms with Gasteiger partial charge in [0, 0.05) is 23.9 Å². The van der Waals surface area contributed by atoms with Crippen molar-refractivity contribution in [3.63, 3.8) is 0 Å². The molecule has 1 fully saturated rings. The van der Waals surface area contributed by atoms with Crippen molar-refractivity contribution >= 4 is 18.4 Å². The lowest BCUT2D eigenvalue weighted by molar-refractivity contribution is -0.137. The Kier molecular flexibility index (Phi) is 7.00. The smallest absolute Gasteiger partial charge is 0.354 e. The van der Waals surface area contributed by atoms with Crippen LogP contribution in [-0.4, -0.2) is 29.6 Å². The maximum Gasteiger partial charge on any atom is 0.416 e. The van der Waals surface area contributed by atoms with E-state index in [-0.39, 0.29) is 18.0 Å². The van der Waals surface area contributed by atoms with Gasteiger partial charge in [-0.25, -0.2) is 14.4 Å². The Bertz CT molecular complexity index is 776. The summed E-state index contributed by atoms with van der Waals surface area (Å²) < 4.78 is 52.2. The maximum atomic E-state index is 14.2. The first-order valence-corrected chi connectivity index (χ1v) is 8.50. The molecule has 1 atom stereocenters. The number of nitrogens with zero attached hydrogens (tertiary/aromatic N) is 2. The largest absolute Gasteiger partial charge is 0.416 e. The predicted molar refractivity (Wildman–Crippen MR) is 98.5 cm³/mol. The van der Waals surface area contributed by atoms with Crippen LogP contribution in [0.1, 0.15) is 24.1 Å². The third-order valence-corrected chi connectivity index (χ3v) is 4.51. The minimum Gasteiger partial charge on any atom is -0.354 e. The molecular weight excluding hydrogens is 384 g/mol. The molecular formula is C18H21ClF4N4. The number of aromatic nitrogens is 2. The molecule has 1 saturated heterocycles.